The molecule has 1 atom stereocenters. The molecular formula is C20H28N3O3-. The van der Waals surface area contributed by atoms with Gasteiger partial charge in [-0.25, -0.2) is 0 Å². The number of nitrogen functional groups attached to an aromatic ring is 1. The molecule has 26 heavy (non-hydrogen) atoms. The molecule has 6 heteroatoms. The van der Waals surface area contributed by atoms with E-state index in [1.54, 1.807) is 0 Å². The average Bonchev–Trinajstić information content (AvgIpc) is 2.68. The van der Waals surface area contributed by atoms with Crippen LogP contribution in [0.2, 0.25) is 0 Å². The molecule has 3 rings (SSSR count). The van der Waals surface area contributed by atoms with Gasteiger partial charge in [0.05, 0.1) is 0 Å². The Bertz CT molecular complexity index is 668. The molecule has 0 saturated carbocycles. The Hall–Kier alpha value is -2.08. The first-order chi connectivity index (χ1) is 12.5. The Morgan fingerprint density at radius 1 is 1.15 bits per heavy atom. The van der Waals surface area contributed by atoms with Crippen LogP contribution in [0, 0.1) is 0 Å². The molecule has 2 aliphatic rings. The van der Waals surface area contributed by atoms with Gasteiger partial charge in [-0.15, -0.1) is 0 Å². The summed E-state index contributed by atoms with van der Waals surface area (Å²) in [6, 6.07) is 6.51. The molecule has 2 heterocycles. The normalized spacial score (nSPS) is 22.3. The predicted molar refractivity (Wildman–Crippen MR) is 98.8 cm³/mol. The Balaban J connectivity index is 1.79. The molecule has 0 aromatic heterocycles. The highest BCUT2D eigenvalue weighted by Crippen LogP contribution is 2.36. The lowest BCUT2D eigenvalue weighted by atomic mass is 9.89. The number of nitrogens with zero attached hydrogens (tertiary/aromatic N) is 2. The van der Waals surface area contributed by atoms with E-state index in [9.17, 15) is 14.7 Å². The van der Waals surface area contributed by atoms with Gasteiger partial charge in [-0.05, 0) is 49.9 Å². The van der Waals surface area contributed by atoms with Crippen molar-refractivity contribution in [2.45, 2.75) is 57.5 Å². The summed E-state index contributed by atoms with van der Waals surface area (Å²) in [7, 11) is 0. The van der Waals surface area contributed by atoms with E-state index in [0.29, 0.717) is 36.8 Å². The maximum atomic E-state index is 12.2. The maximum absolute atomic E-state index is 12.2. The number of hydrogen-bond donors (Lipinski definition) is 1. The number of nitrogens with two attached hydrogens (primary N) is 1. The largest absolute Gasteiger partial charge is 0.530 e. The summed E-state index contributed by atoms with van der Waals surface area (Å²) in [4.78, 5) is 27.1. The van der Waals surface area contributed by atoms with Crippen LogP contribution in [0.3, 0.4) is 0 Å². The van der Waals surface area contributed by atoms with Crippen molar-refractivity contribution in [3.05, 3.63) is 29.3 Å². The molecular weight excluding hydrogens is 330 g/mol. The van der Waals surface area contributed by atoms with E-state index in [4.69, 9.17) is 5.73 Å². The molecule has 6 nitrogen and oxygen atoms in total. The maximum Gasteiger partial charge on any atom is 0.164 e. The van der Waals surface area contributed by atoms with Crippen molar-refractivity contribution in [3.63, 3.8) is 0 Å². The number of piperidine rings is 2. The Morgan fingerprint density at radius 2 is 1.88 bits per heavy atom. The van der Waals surface area contributed by atoms with Crippen molar-refractivity contribution in [1.29, 1.82) is 0 Å². The molecule has 2 aliphatic heterocycles. The third-order valence-electron chi connectivity index (χ3n) is 5.82. The lowest BCUT2D eigenvalue weighted by Gasteiger charge is -2.45. The summed E-state index contributed by atoms with van der Waals surface area (Å²) < 4.78 is 0. The zero-order valence-corrected chi connectivity index (χ0v) is 15.4. The molecule has 0 radical (unpaired) electrons. The van der Waals surface area contributed by atoms with Gasteiger partial charge in [-0.3, -0.25) is 9.69 Å². The number of Topliss-reactive ketones (excluding diaryl/α,β-unsaturated/α-hetero) is 1. The first-order valence-corrected chi connectivity index (χ1v) is 9.65. The van der Waals surface area contributed by atoms with Crippen LogP contribution < -0.4 is 10.8 Å². The van der Waals surface area contributed by atoms with E-state index < -0.39 is 6.09 Å². The second-order valence-corrected chi connectivity index (χ2v) is 7.36. The Kier molecular flexibility index (Phi) is 5.81. The number of amides is 1. The number of rotatable bonds is 4. The molecule has 2 N–H and O–H groups in total. The van der Waals surface area contributed by atoms with Crippen LogP contribution in [-0.2, 0) is 0 Å². The summed E-state index contributed by atoms with van der Waals surface area (Å²) in [5.41, 5.74) is 8.34. The summed E-state index contributed by atoms with van der Waals surface area (Å²) in [6.07, 6.45) is 4.43. The standard InChI is InChI=1S/C20H29N3O3/c1-2-19(24)16-13-14(6-7-17(16)21)18-5-3-4-10-23(18)15-8-11-22(12-9-15)20(25)26/h6-7,13,15,18H,2-5,8-12,21H2,1H3,(H,25,26)/p-1. The molecule has 1 aromatic rings. The van der Waals surface area contributed by atoms with Crippen molar-refractivity contribution < 1.29 is 14.7 Å². The molecule has 0 aliphatic carbocycles. The van der Waals surface area contributed by atoms with Gasteiger partial charge in [-0.2, -0.15) is 0 Å². The van der Waals surface area contributed by atoms with Gasteiger partial charge in [0.2, 0.25) is 0 Å². The molecule has 1 amide bonds. The number of carbonyl (C=O) groups excluding carboxylic acids is 2. The third-order valence-corrected chi connectivity index (χ3v) is 5.82. The van der Waals surface area contributed by atoms with E-state index >= 15 is 0 Å². The van der Waals surface area contributed by atoms with Crippen LogP contribution in [0.15, 0.2) is 18.2 Å². The quantitative estimate of drug-likeness (QED) is 0.658. The second-order valence-electron chi connectivity index (χ2n) is 7.36. The summed E-state index contributed by atoms with van der Waals surface area (Å²) in [6.45, 7) is 3.95. The minimum atomic E-state index is -1.07. The van der Waals surface area contributed by atoms with E-state index in [-0.39, 0.29) is 11.8 Å². The van der Waals surface area contributed by atoms with Crippen LogP contribution in [0.5, 0.6) is 0 Å². The lowest BCUT2D eigenvalue weighted by Crippen LogP contribution is -2.51. The highest BCUT2D eigenvalue weighted by atomic mass is 16.4. The fourth-order valence-electron chi connectivity index (χ4n) is 4.34. The first-order valence-electron chi connectivity index (χ1n) is 9.65. The van der Waals surface area contributed by atoms with Crippen LogP contribution >= 0.6 is 0 Å². The number of carboxylic acid groups (broad SMARTS) is 1. The van der Waals surface area contributed by atoms with Crippen molar-refractivity contribution in [3.8, 4) is 0 Å². The molecule has 1 unspecified atom stereocenters. The molecule has 1 aromatic carbocycles. The molecule has 0 spiro atoms. The van der Waals surface area contributed by atoms with Crippen LogP contribution in [-0.4, -0.2) is 47.4 Å². The highest BCUT2D eigenvalue weighted by molar-refractivity contribution is 6.00. The number of ketones is 1. The molecule has 0 bridgehead atoms. The van der Waals surface area contributed by atoms with Crippen LogP contribution in [0.4, 0.5) is 10.5 Å². The third kappa shape index (κ3) is 3.85. The first kappa shape index (κ1) is 18.7. The van der Waals surface area contributed by atoms with Crippen molar-refractivity contribution in [2.75, 3.05) is 25.4 Å². The minimum absolute atomic E-state index is 0.0778. The van der Waals surface area contributed by atoms with Crippen LogP contribution in [0.25, 0.3) is 0 Å². The summed E-state index contributed by atoms with van der Waals surface area (Å²) in [5, 5.41) is 11.0. The van der Waals surface area contributed by atoms with Gasteiger partial charge >= 0.3 is 0 Å². The zero-order valence-electron chi connectivity index (χ0n) is 15.4. The van der Waals surface area contributed by atoms with E-state index in [0.717, 1.165) is 37.8 Å². The zero-order chi connectivity index (χ0) is 18.7. The lowest BCUT2D eigenvalue weighted by molar-refractivity contribution is -0.266. The van der Waals surface area contributed by atoms with Crippen molar-refractivity contribution in [2.24, 2.45) is 0 Å². The van der Waals surface area contributed by atoms with Gasteiger partial charge in [0.15, 0.2) is 5.78 Å². The fourth-order valence-corrected chi connectivity index (χ4v) is 4.34. The van der Waals surface area contributed by atoms with E-state index in [2.05, 4.69) is 4.90 Å². The topological polar surface area (TPSA) is 89.7 Å². The van der Waals surface area contributed by atoms with Gasteiger partial charge in [0.25, 0.3) is 0 Å². The monoisotopic (exact) mass is 358 g/mol. The molecule has 142 valence electrons. The van der Waals surface area contributed by atoms with E-state index in [1.165, 1.54) is 11.3 Å². The number of likely N-dealkylation sites (tertiary alicyclic amines) is 2. The number of hydrogen-bond acceptors (Lipinski definition) is 5. The number of carbonyl (C=O) groups is 2. The second kappa shape index (κ2) is 8.08. The van der Waals surface area contributed by atoms with Crippen molar-refractivity contribution >= 4 is 17.6 Å². The van der Waals surface area contributed by atoms with Gasteiger partial charge in [0, 0.05) is 42.8 Å². The minimum Gasteiger partial charge on any atom is -0.530 e. The number of anilines is 1. The van der Waals surface area contributed by atoms with Crippen molar-refractivity contribution in [1.82, 2.24) is 9.80 Å². The van der Waals surface area contributed by atoms with Crippen LogP contribution in [0.1, 0.15) is 67.4 Å². The highest BCUT2D eigenvalue weighted by Gasteiger charge is 2.32. The van der Waals surface area contributed by atoms with Gasteiger partial charge in [-0.1, -0.05) is 19.4 Å². The van der Waals surface area contributed by atoms with Gasteiger partial charge in [0.1, 0.15) is 6.09 Å². The average molecular weight is 358 g/mol. The summed E-state index contributed by atoms with van der Waals surface area (Å²) >= 11 is 0. The van der Waals surface area contributed by atoms with E-state index in [1.807, 2.05) is 25.1 Å². The van der Waals surface area contributed by atoms with Gasteiger partial charge < -0.3 is 20.5 Å². The smallest absolute Gasteiger partial charge is 0.164 e. The Morgan fingerprint density at radius 3 is 2.54 bits per heavy atom. The Labute approximate surface area is 155 Å². The SMILES string of the molecule is CCC(=O)c1cc(C2CCCCN2C2CCN(C(=O)[O-])CC2)ccc1N. The molecule has 2 saturated heterocycles. The fraction of sp³-hybridized carbons (Fsp3) is 0.600. The molecule has 2 fully saturated rings. The number of benzene rings is 1. The predicted octanol–water partition coefficient (Wildman–Crippen LogP) is 2.20. The summed E-state index contributed by atoms with van der Waals surface area (Å²) in [5.74, 6) is 0.0778.